The van der Waals surface area contributed by atoms with Gasteiger partial charge in [0.05, 0.1) is 0 Å². The maximum Gasteiger partial charge on any atom is 0.135 e. The van der Waals surface area contributed by atoms with E-state index in [1.54, 1.807) is 0 Å². The number of carbonyl (C=O) groups is 1. The number of carbonyl (C=O) groups excluding carboxylic acids is 1. The van der Waals surface area contributed by atoms with E-state index in [1.807, 2.05) is 6.92 Å². The molecule has 0 aromatic heterocycles. The standard InChI is InChI=1S/C10H18O.C5H12/c1-3-10(11)9-6-4-8(2)5-7-9;1-4-5(2)3/h8-9H,3-7H2,1-2H3;5H,4H2,1-3H3. The minimum Gasteiger partial charge on any atom is -0.299 e. The van der Waals surface area contributed by atoms with Gasteiger partial charge in [-0.05, 0) is 24.7 Å². The Hall–Kier alpha value is -0.330. The van der Waals surface area contributed by atoms with E-state index >= 15 is 0 Å². The van der Waals surface area contributed by atoms with E-state index in [2.05, 4.69) is 27.7 Å². The van der Waals surface area contributed by atoms with Crippen molar-refractivity contribution in [1.82, 2.24) is 0 Å². The minimum absolute atomic E-state index is 0.413. The van der Waals surface area contributed by atoms with Crippen molar-refractivity contribution in [3.05, 3.63) is 0 Å². The number of Topliss-reactive ketones (excluding diaryl/α,β-unsaturated/α-hetero) is 1. The molecule has 1 nitrogen and oxygen atoms in total. The van der Waals surface area contributed by atoms with Crippen molar-refractivity contribution in [2.75, 3.05) is 0 Å². The second-order valence-electron chi connectivity index (χ2n) is 5.58. The van der Waals surface area contributed by atoms with Crippen LogP contribution in [0.4, 0.5) is 0 Å². The Morgan fingerprint density at radius 1 is 1.12 bits per heavy atom. The van der Waals surface area contributed by atoms with Crippen LogP contribution in [0.25, 0.3) is 0 Å². The average molecular weight is 226 g/mol. The fourth-order valence-corrected chi connectivity index (χ4v) is 1.87. The molecule has 0 bridgehead atoms. The minimum atomic E-state index is 0.413. The lowest BCUT2D eigenvalue weighted by Crippen LogP contribution is -2.19. The Morgan fingerprint density at radius 2 is 1.56 bits per heavy atom. The molecular formula is C15H30O. The van der Waals surface area contributed by atoms with Gasteiger partial charge in [-0.15, -0.1) is 0 Å². The number of ketones is 1. The van der Waals surface area contributed by atoms with Gasteiger partial charge in [-0.1, -0.05) is 53.9 Å². The van der Waals surface area contributed by atoms with Crippen molar-refractivity contribution in [3.63, 3.8) is 0 Å². The second-order valence-corrected chi connectivity index (χ2v) is 5.58. The highest BCUT2D eigenvalue weighted by molar-refractivity contribution is 5.80. The van der Waals surface area contributed by atoms with Crippen LogP contribution in [-0.2, 0) is 4.79 Å². The lowest BCUT2D eigenvalue weighted by atomic mass is 9.80. The van der Waals surface area contributed by atoms with E-state index in [-0.39, 0.29) is 0 Å². The molecule has 0 heterocycles. The Kier molecular flexibility index (Phi) is 8.60. The van der Waals surface area contributed by atoms with Gasteiger partial charge in [0.1, 0.15) is 5.78 Å². The quantitative estimate of drug-likeness (QED) is 0.672. The number of hydrogen-bond acceptors (Lipinski definition) is 1. The third-order valence-corrected chi connectivity index (χ3v) is 3.64. The average Bonchev–Trinajstić information content (AvgIpc) is 2.29. The Labute approximate surface area is 102 Å². The summed E-state index contributed by atoms with van der Waals surface area (Å²) in [5.41, 5.74) is 0. The molecule has 1 saturated carbocycles. The molecule has 0 N–H and O–H groups in total. The van der Waals surface area contributed by atoms with E-state index in [0.717, 1.165) is 31.1 Å². The van der Waals surface area contributed by atoms with Crippen molar-refractivity contribution >= 4 is 5.78 Å². The van der Waals surface area contributed by atoms with Crippen LogP contribution < -0.4 is 0 Å². The van der Waals surface area contributed by atoms with Crippen LogP contribution in [0.5, 0.6) is 0 Å². The zero-order valence-corrected chi connectivity index (χ0v) is 11.9. The predicted octanol–water partition coefficient (Wildman–Crippen LogP) is 4.84. The maximum atomic E-state index is 11.3. The molecule has 1 rings (SSSR count). The van der Waals surface area contributed by atoms with Crippen LogP contribution >= 0.6 is 0 Å². The first-order chi connectivity index (χ1) is 7.51. The summed E-state index contributed by atoms with van der Waals surface area (Å²) in [5.74, 6) is 2.64. The first-order valence-electron chi connectivity index (χ1n) is 7.03. The summed E-state index contributed by atoms with van der Waals surface area (Å²) < 4.78 is 0. The topological polar surface area (TPSA) is 17.1 Å². The largest absolute Gasteiger partial charge is 0.299 e. The highest BCUT2D eigenvalue weighted by atomic mass is 16.1. The molecule has 1 fully saturated rings. The first kappa shape index (κ1) is 15.7. The van der Waals surface area contributed by atoms with Crippen LogP contribution in [0.1, 0.15) is 73.1 Å². The van der Waals surface area contributed by atoms with Crippen LogP contribution in [0.3, 0.4) is 0 Å². The molecule has 16 heavy (non-hydrogen) atoms. The lowest BCUT2D eigenvalue weighted by molar-refractivity contribution is -0.123. The lowest BCUT2D eigenvalue weighted by Gasteiger charge is -2.24. The Morgan fingerprint density at radius 3 is 1.88 bits per heavy atom. The Bertz CT molecular complexity index is 176. The van der Waals surface area contributed by atoms with Crippen molar-refractivity contribution in [2.24, 2.45) is 17.8 Å². The van der Waals surface area contributed by atoms with E-state index in [1.165, 1.54) is 19.3 Å². The van der Waals surface area contributed by atoms with Crippen LogP contribution in [0.15, 0.2) is 0 Å². The molecule has 1 aliphatic carbocycles. The molecule has 0 unspecified atom stereocenters. The summed E-state index contributed by atoms with van der Waals surface area (Å²) in [6, 6.07) is 0. The molecule has 1 aliphatic rings. The fraction of sp³-hybridized carbons (Fsp3) is 0.933. The molecule has 0 saturated heterocycles. The Balaban J connectivity index is 0.000000385. The molecule has 0 aromatic rings. The molecule has 0 spiro atoms. The predicted molar refractivity (Wildman–Crippen MR) is 71.5 cm³/mol. The van der Waals surface area contributed by atoms with Gasteiger partial charge in [-0.25, -0.2) is 0 Å². The van der Waals surface area contributed by atoms with Crippen molar-refractivity contribution in [3.8, 4) is 0 Å². The number of rotatable bonds is 3. The molecule has 96 valence electrons. The zero-order chi connectivity index (χ0) is 12.6. The van der Waals surface area contributed by atoms with Crippen LogP contribution in [-0.4, -0.2) is 5.78 Å². The summed E-state index contributed by atoms with van der Waals surface area (Å²) in [4.78, 5) is 11.3. The van der Waals surface area contributed by atoms with Gasteiger partial charge in [0.15, 0.2) is 0 Å². The van der Waals surface area contributed by atoms with Crippen molar-refractivity contribution in [2.45, 2.75) is 73.1 Å². The van der Waals surface area contributed by atoms with Crippen molar-refractivity contribution < 1.29 is 4.79 Å². The van der Waals surface area contributed by atoms with E-state index in [4.69, 9.17) is 0 Å². The maximum absolute atomic E-state index is 11.3. The third-order valence-electron chi connectivity index (χ3n) is 3.64. The van der Waals surface area contributed by atoms with Crippen molar-refractivity contribution in [1.29, 1.82) is 0 Å². The molecular weight excluding hydrogens is 196 g/mol. The summed E-state index contributed by atoms with van der Waals surface area (Å²) in [6.45, 7) is 10.9. The van der Waals surface area contributed by atoms with Crippen LogP contribution in [0, 0.1) is 17.8 Å². The number of hydrogen-bond donors (Lipinski definition) is 0. The summed E-state index contributed by atoms with van der Waals surface area (Å²) >= 11 is 0. The smallest absolute Gasteiger partial charge is 0.135 e. The highest BCUT2D eigenvalue weighted by Gasteiger charge is 2.22. The SMILES string of the molecule is CCC(=O)C1CCC(C)CC1.CCC(C)C. The van der Waals surface area contributed by atoms with Gasteiger partial charge < -0.3 is 0 Å². The zero-order valence-electron chi connectivity index (χ0n) is 11.9. The molecule has 0 amide bonds. The normalized spacial score (nSPS) is 24.9. The highest BCUT2D eigenvalue weighted by Crippen LogP contribution is 2.29. The molecule has 0 aliphatic heterocycles. The van der Waals surface area contributed by atoms with Gasteiger partial charge in [0.25, 0.3) is 0 Å². The molecule has 0 aromatic carbocycles. The van der Waals surface area contributed by atoms with E-state index in [0.29, 0.717) is 11.7 Å². The van der Waals surface area contributed by atoms with E-state index < -0.39 is 0 Å². The summed E-state index contributed by atoms with van der Waals surface area (Å²) in [6.07, 6.45) is 6.85. The molecule has 0 radical (unpaired) electrons. The summed E-state index contributed by atoms with van der Waals surface area (Å²) in [7, 11) is 0. The van der Waals surface area contributed by atoms with Gasteiger partial charge in [0.2, 0.25) is 0 Å². The van der Waals surface area contributed by atoms with Gasteiger partial charge in [0, 0.05) is 12.3 Å². The fourth-order valence-electron chi connectivity index (χ4n) is 1.87. The van der Waals surface area contributed by atoms with Gasteiger partial charge in [-0.3, -0.25) is 4.79 Å². The van der Waals surface area contributed by atoms with E-state index in [9.17, 15) is 4.79 Å². The van der Waals surface area contributed by atoms with Gasteiger partial charge in [-0.2, -0.15) is 0 Å². The molecule has 0 atom stereocenters. The van der Waals surface area contributed by atoms with Gasteiger partial charge >= 0.3 is 0 Å². The third kappa shape index (κ3) is 7.03. The molecule has 1 heteroatoms. The monoisotopic (exact) mass is 226 g/mol. The first-order valence-corrected chi connectivity index (χ1v) is 7.03. The van der Waals surface area contributed by atoms with Crippen LogP contribution in [0.2, 0.25) is 0 Å². The second kappa shape index (κ2) is 8.78. The summed E-state index contributed by atoms with van der Waals surface area (Å²) in [5, 5.41) is 0.